The number of hydrogen-bond acceptors (Lipinski definition) is 3. The highest BCUT2D eigenvalue weighted by Gasteiger charge is 2.08. The molecule has 0 N–H and O–H groups in total. The summed E-state index contributed by atoms with van der Waals surface area (Å²) in [7, 11) is 0. The second-order valence-corrected chi connectivity index (χ2v) is 5.41. The Morgan fingerprint density at radius 3 is 2.37 bits per heavy atom. The largest absolute Gasteiger partial charge is 0.215 e. The Morgan fingerprint density at radius 1 is 0.842 bits per heavy atom. The van der Waals surface area contributed by atoms with E-state index in [-0.39, 0.29) is 0 Å². The van der Waals surface area contributed by atoms with Crippen molar-refractivity contribution in [3.05, 3.63) is 59.7 Å². The van der Waals surface area contributed by atoms with Crippen LogP contribution in [0.5, 0.6) is 0 Å². The summed E-state index contributed by atoms with van der Waals surface area (Å²) in [6.45, 7) is 4.17. The molecule has 19 heavy (non-hydrogen) atoms. The summed E-state index contributed by atoms with van der Waals surface area (Å²) in [5.41, 5.74) is 4.69. The molecule has 0 unspecified atom stereocenters. The average Bonchev–Trinajstić information content (AvgIpc) is 2.89. The summed E-state index contributed by atoms with van der Waals surface area (Å²) in [5.74, 6) is 0.810. The molecule has 3 rings (SSSR count). The predicted octanol–water partition coefficient (Wildman–Crippen LogP) is 4.49. The summed E-state index contributed by atoms with van der Waals surface area (Å²) in [6, 6.07) is 16.7. The zero-order chi connectivity index (χ0) is 13.2. The lowest BCUT2D eigenvalue weighted by Gasteiger charge is -1.97. The van der Waals surface area contributed by atoms with Gasteiger partial charge >= 0.3 is 0 Å². The van der Waals surface area contributed by atoms with Crippen LogP contribution in [-0.4, -0.2) is 9.36 Å². The van der Waals surface area contributed by atoms with Gasteiger partial charge in [0.15, 0.2) is 5.82 Å². The molecule has 0 saturated carbocycles. The van der Waals surface area contributed by atoms with Gasteiger partial charge in [-0.25, -0.2) is 4.98 Å². The molecule has 1 aromatic heterocycles. The van der Waals surface area contributed by atoms with Crippen LogP contribution in [-0.2, 0) is 0 Å². The van der Waals surface area contributed by atoms with Gasteiger partial charge in [-0.2, -0.15) is 4.37 Å². The highest BCUT2D eigenvalue weighted by molar-refractivity contribution is 7.09. The van der Waals surface area contributed by atoms with Crippen molar-refractivity contribution in [2.75, 3.05) is 0 Å². The van der Waals surface area contributed by atoms with Gasteiger partial charge in [0.2, 0.25) is 0 Å². The van der Waals surface area contributed by atoms with Crippen molar-refractivity contribution in [1.82, 2.24) is 9.36 Å². The van der Waals surface area contributed by atoms with Gasteiger partial charge in [0, 0.05) is 11.1 Å². The Labute approximate surface area is 116 Å². The fraction of sp³-hybridized carbons (Fsp3) is 0.125. The Balaban J connectivity index is 1.97. The molecule has 0 radical (unpaired) electrons. The highest BCUT2D eigenvalue weighted by Crippen LogP contribution is 2.26. The Bertz CT molecular complexity index is 699. The Kier molecular flexibility index (Phi) is 3.13. The van der Waals surface area contributed by atoms with Gasteiger partial charge in [-0.1, -0.05) is 53.6 Å². The maximum atomic E-state index is 4.63. The normalized spacial score (nSPS) is 10.6. The zero-order valence-corrected chi connectivity index (χ0v) is 11.7. The van der Waals surface area contributed by atoms with E-state index in [4.69, 9.17) is 0 Å². The van der Waals surface area contributed by atoms with Crippen LogP contribution in [0.4, 0.5) is 0 Å². The van der Waals surface area contributed by atoms with Gasteiger partial charge in [0.05, 0.1) is 0 Å². The minimum absolute atomic E-state index is 0.810. The number of rotatable bonds is 2. The van der Waals surface area contributed by atoms with E-state index in [2.05, 4.69) is 59.6 Å². The molecular formula is C16H14N2S. The first-order valence-corrected chi connectivity index (χ1v) is 6.97. The lowest BCUT2D eigenvalue weighted by Crippen LogP contribution is -1.82. The van der Waals surface area contributed by atoms with Crippen molar-refractivity contribution in [3.8, 4) is 22.0 Å². The first kappa shape index (κ1) is 12.1. The molecule has 0 spiro atoms. The van der Waals surface area contributed by atoms with Crippen LogP contribution in [0.25, 0.3) is 22.0 Å². The van der Waals surface area contributed by atoms with Gasteiger partial charge in [0.1, 0.15) is 5.01 Å². The van der Waals surface area contributed by atoms with Crippen LogP contribution in [0.3, 0.4) is 0 Å². The van der Waals surface area contributed by atoms with Gasteiger partial charge < -0.3 is 0 Å². The minimum atomic E-state index is 0.810. The number of hydrogen-bond donors (Lipinski definition) is 0. The lowest BCUT2D eigenvalue weighted by molar-refractivity contribution is 1.31. The average molecular weight is 266 g/mol. The fourth-order valence-corrected chi connectivity index (χ4v) is 2.63. The van der Waals surface area contributed by atoms with Gasteiger partial charge in [-0.15, -0.1) is 0 Å². The summed E-state index contributed by atoms with van der Waals surface area (Å²) in [5, 5.41) is 0.969. The molecule has 3 heteroatoms. The van der Waals surface area contributed by atoms with Gasteiger partial charge in [0.25, 0.3) is 0 Å². The summed E-state index contributed by atoms with van der Waals surface area (Å²) < 4.78 is 4.46. The number of benzene rings is 2. The molecule has 0 amide bonds. The molecule has 0 atom stereocenters. The van der Waals surface area contributed by atoms with Crippen molar-refractivity contribution in [2.24, 2.45) is 0 Å². The van der Waals surface area contributed by atoms with Crippen molar-refractivity contribution in [1.29, 1.82) is 0 Å². The molecule has 0 aliphatic heterocycles. The maximum Gasteiger partial charge on any atom is 0.173 e. The molecular weight excluding hydrogens is 252 g/mol. The van der Waals surface area contributed by atoms with Crippen LogP contribution in [0.1, 0.15) is 11.1 Å². The standard InChI is InChI=1S/C16H14N2S/c1-11-6-8-13(9-7-11)16-17-15(18-19-16)14-5-3-4-12(2)10-14/h3-10H,1-2H3. The lowest BCUT2D eigenvalue weighted by atomic mass is 10.1. The molecule has 1 heterocycles. The van der Waals surface area contributed by atoms with E-state index in [0.29, 0.717) is 0 Å². The van der Waals surface area contributed by atoms with Crippen molar-refractivity contribution in [2.45, 2.75) is 13.8 Å². The van der Waals surface area contributed by atoms with Crippen molar-refractivity contribution < 1.29 is 0 Å². The van der Waals surface area contributed by atoms with E-state index in [1.165, 1.54) is 22.7 Å². The van der Waals surface area contributed by atoms with E-state index in [0.717, 1.165) is 22.0 Å². The van der Waals surface area contributed by atoms with Gasteiger partial charge in [-0.3, -0.25) is 0 Å². The molecule has 0 aliphatic rings. The van der Waals surface area contributed by atoms with Crippen LogP contribution < -0.4 is 0 Å². The smallest absolute Gasteiger partial charge is 0.173 e. The van der Waals surface area contributed by atoms with Crippen LogP contribution in [0.2, 0.25) is 0 Å². The second-order valence-electron chi connectivity index (χ2n) is 4.66. The third kappa shape index (κ3) is 2.56. The number of nitrogens with zero attached hydrogens (tertiary/aromatic N) is 2. The topological polar surface area (TPSA) is 25.8 Å². The first-order valence-electron chi connectivity index (χ1n) is 6.20. The quantitative estimate of drug-likeness (QED) is 0.683. The Morgan fingerprint density at radius 2 is 1.63 bits per heavy atom. The summed E-state index contributed by atoms with van der Waals surface area (Å²) in [4.78, 5) is 4.63. The second kappa shape index (κ2) is 4.94. The molecule has 0 saturated heterocycles. The van der Waals surface area contributed by atoms with Crippen LogP contribution >= 0.6 is 11.5 Å². The summed E-state index contributed by atoms with van der Waals surface area (Å²) >= 11 is 1.45. The van der Waals surface area contributed by atoms with Crippen LogP contribution in [0, 0.1) is 13.8 Å². The molecule has 94 valence electrons. The van der Waals surface area contributed by atoms with Crippen molar-refractivity contribution in [3.63, 3.8) is 0 Å². The van der Waals surface area contributed by atoms with Gasteiger partial charge in [-0.05, 0) is 31.4 Å². The van der Waals surface area contributed by atoms with Crippen LogP contribution in [0.15, 0.2) is 48.5 Å². The van der Waals surface area contributed by atoms with E-state index in [9.17, 15) is 0 Å². The molecule has 0 aliphatic carbocycles. The maximum absolute atomic E-state index is 4.63. The SMILES string of the molecule is Cc1ccc(-c2nc(-c3cccc(C)c3)ns2)cc1. The first-order chi connectivity index (χ1) is 9.22. The molecule has 3 aromatic rings. The summed E-state index contributed by atoms with van der Waals surface area (Å²) in [6.07, 6.45) is 0. The predicted molar refractivity (Wildman–Crippen MR) is 80.3 cm³/mol. The number of aryl methyl sites for hydroxylation is 2. The van der Waals surface area contributed by atoms with E-state index in [1.54, 1.807) is 0 Å². The third-order valence-electron chi connectivity index (χ3n) is 3.00. The zero-order valence-electron chi connectivity index (χ0n) is 10.9. The monoisotopic (exact) mass is 266 g/mol. The fourth-order valence-electron chi connectivity index (χ4n) is 1.94. The minimum Gasteiger partial charge on any atom is -0.215 e. The van der Waals surface area contributed by atoms with E-state index in [1.807, 2.05) is 12.1 Å². The molecule has 0 fully saturated rings. The number of aromatic nitrogens is 2. The molecule has 2 nitrogen and oxygen atoms in total. The molecule has 2 aromatic carbocycles. The van der Waals surface area contributed by atoms with E-state index < -0.39 is 0 Å². The van der Waals surface area contributed by atoms with E-state index >= 15 is 0 Å². The third-order valence-corrected chi connectivity index (χ3v) is 3.76. The molecule has 0 bridgehead atoms. The Hall–Kier alpha value is -2.00. The highest BCUT2D eigenvalue weighted by atomic mass is 32.1. The van der Waals surface area contributed by atoms with Crippen molar-refractivity contribution >= 4 is 11.5 Å².